The molecule has 0 aliphatic carbocycles. The lowest BCUT2D eigenvalue weighted by atomic mass is 10.2. The number of hydrogen-bond donors (Lipinski definition) is 0. The number of aromatic nitrogens is 1. The van der Waals surface area contributed by atoms with Gasteiger partial charge < -0.3 is 4.74 Å². The van der Waals surface area contributed by atoms with Crippen molar-refractivity contribution in [3.8, 4) is 5.88 Å². The third-order valence-electron chi connectivity index (χ3n) is 2.58. The minimum atomic E-state index is -0.0462. The minimum absolute atomic E-state index is 0.0462. The first kappa shape index (κ1) is 13.0. The fourth-order valence-electron chi connectivity index (χ4n) is 1.65. The van der Waals surface area contributed by atoms with E-state index in [1.54, 1.807) is 18.3 Å². The van der Waals surface area contributed by atoms with Crippen LogP contribution >= 0.6 is 0 Å². The second-order valence-corrected chi connectivity index (χ2v) is 4.04. The summed E-state index contributed by atoms with van der Waals surface area (Å²) in [5.74, 6) is 0.336. The van der Waals surface area contributed by atoms with Gasteiger partial charge in [0.2, 0.25) is 5.88 Å². The zero-order chi connectivity index (χ0) is 13.5. The lowest BCUT2D eigenvalue weighted by molar-refractivity contribution is 0.101. The molecule has 2 rings (SSSR count). The number of nitrogens with zero attached hydrogens (tertiary/aromatic N) is 1. The Hall–Kier alpha value is -2.42. The van der Waals surface area contributed by atoms with Crippen LogP contribution in [0.4, 0.5) is 0 Å². The smallest absolute Gasteiger partial charge is 0.224 e. The second-order valence-electron chi connectivity index (χ2n) is 4.04. The summed E-state index contributed by atoms with van der Waals surface area (Å²) in [7, 11) is 0. The number of ether oxygens (including phenoxy) is 1. The first-order valence-electron chi connectivity index (χ1n) is 6.08. The molecule has 2 aromatic rings. The largest absolute Gasteiger partial charge is 0.473 e. The van der Waals surface area contributed by atoms with E-state index >= 15 is 0 Å². The lowest BCUT2D eigenvalue weighted by Gasteiger charge is -2.05. The Labute approximate surface area is 112 Å². The van der Waals surface area contributed by atoms with E-state index < -0.39 is 0 Å². The predicted octanol–water partition coefficient (Wildman–Crippen LogP) is 3.38. The summed E-state index contributed by atoms with van der Waals surface area (Å²) in [5, 5.41) is 0. The average molecular weight is 253 g/mol. The fraction of sp³-hybridized carbons (Fsp3) is 0.125. The van der Waals surface area contributed by atoms with Gasteiger partial charge in [0.05, 0.1) is 5.56 Å². The summed E-state index contributed by atoms with van der Waals surface area (Å²) in [5.41, 5.74) is 1.62. The molecule has 0 aliphatic heterocycles. The number of pyridine rings is 1. The van der Waals surface area contributed by atoms with Gasteiger partial charge in [0, 0.05) is 6.20 Å². The zero-order valence-electron chi connectivity index (χ0n) is 10.7. The van der Waals surface area contributed by atoms with Gasteiger partial charge in [-0.15, -0.1) is 0 Å². The van der Waals surface area contributed by atoms with E-state index in [1.807, 2.05) is 42.5 Å². The number of benzene rings is 1. The van der Waals surface area contributed by atoms with E-state index in [2.05, 4.69) is 4.98 Å². The topological polar surface area (TPSA) is 39.2 Å². The van der Waals surface area contributed by atoms with Crippen LogP contribution in [0.15, 0.2) is 54.7 Å². The third kappa shape index (κ3) is 3.78. The Kier molecular flexibility index (Phi) is 4.45. The molecule has 1 heterocycles. The Balaban J connectivity index is 1.96. The maximum atomic E-state index is 11.4. The first-order valence-corrected chi connectivity index (χ1v) is 6.08. The van der Waals surface area contributed by atoms with Gasteiger partial charge in [-0.05, 0) is 30.7 Å². The van der Waals surface area contributed by atoms with E-state index in [4.69, 9.17) is 4.74 Å². The summed E-state index contributed by atoms with van der Waals surface area (Å²) in [6.07, 6.45) is 5.48. The molecule has 0 spiro atoms. The molecule has 0 N–H and O–H groups in total. The van der Waals surface area contributed by atoms with E-state index in [0.717, 1.165) is 5.56 Å². The Bertz CT molecular complexity index is 576. The van der Waals surface area contributed by atoms with E-state index in [0.29, 0.717) is 18.1 Å². The van der Waals surface area contributed by atoms with Crippen molar-refractivity contribution in [2.24, 2.45) is 0 Å². The third-order valence-corrected chi connectivity index (χ3v) is 2.58. The van der Waals surface area contributed by atoms with Crippen molar-refractivity contribution in [1.29, 1.82) is 0 Å². The van der Waals surface area contributed by atoms with Crippen molar-refractivity contribution >= 4 is 11.9 Å². The van der Waals surface area contributed by atoms with Crippen LogP contribution in [0, 0.1) is 0 Å². The zero-order valence-corrected chi connectivity index (χ0v) is 10.7. The van der Waals surface area contributed by atoms with Crippen molar-refractivity contribution in [3.05, 3.63) is 65.9 Å². The molecule has 0 amide bonds. The van der Waals surface area contributed by atoms with Crippen molar-refractivity contribution in [2.45, 2.75) is 6.92 Å². The Morgan fingerprint density at radius 3 is 2.74 bits per heavy atom. The fourth-order valence-corrected chi connectivity index (χ4v) is 1.65. The molecule has 3 heteroatoms. The summed E-state index contributed by atoms with van der Waals surface area (Å²) in [4.78, 5) is 15.4. The van der Waals surface area contributed by atoms with Crippen LogP contribution < -0.4 is 4.74 Å². The highest BCUT2D eigenvalue weighted by molar-refractivity contribution is 5.96. The molecule has 0 saturated carbocycles. The molecule has 19 heavy (non-hydrogen) atoms. The predicted molar refractivity (Wildman–Crippen MR) is 75.2 cm³/mol. The molecule has 0 radical (unpaired) electrons. The maximum absolute atomic E-state index is 11.4. The molecule has 0 unspecified atom stereocenters. The van der Waals surface area contributed by atoms with E-state index in [1.165, 1.54) is 6.92 Å². The molecule has 1 aromatic carbocycles. The Morgan fingerprint density at radius 1 is 1.21 bits per heavy atom. The molecule has 96 valence electrons. The average Bonchev–Trinajstić information content (AvgIpc) is 2.45. The van der Waals surface area contributed by atoms with Gasteiger partial charge in [-0.1, -0.05) is 36.4 Å². The molecule has 0 bridgehead atoms. The summed E-state index contributed by atoms with van der Waals surface area (Å²) < 4.78 is 5.50. The van der Waals surface area contributed by atoms with Gasteiger partial charge in [0.1, 0.15) is 6.61 Å². The van der Waals surface area contributed by atoms with Gasteiger partial charge in [-0.25, -0.2) is 4.98 Å². The quantitative estimate of drug-likeness (QED) is 0.767. The van der Waals surface area contributed by atoms with Gasteiger partial charge in [-0.3, -0.25) is 4.79 Å². The van der Waals surface area contributed by atoms with Gasteiger partial charge in [0.15, 0.2) is 5.78 Å². The highest BCUT2D eigenvalue weighted by Gasteiger charge is 2.07. The van der Waals surface area contributed by atoms with Crippen LogP contribution in [0.3, 0.4) is 0 Å². The monoisotopic (exact) mass is 253 g/mol. The van der Waals surface area contributed by atoms with Crippen molar-refractivity contribution in [2.75, 3.05) is 6.61 Å². The molecule has 0 saturated heterocycles. The lowest BCUT2D eigenvalue weighted by Crippen LogP contribution is -2.02. The Morgan fingerprint density at radius 2 is 2.00 bits per heavy atom. The van der Waals surface area contributed by atoms with Crippen LogP contribution in [-0.2, 0) is 0 Å². The van der Waals surface area contributed by atoms with Crippen molar-refractivity contribution in [1.82, 2.24) is 4.98 Å². The molecule has 0 atom stereocenters. The van der Waals surface area contributed by atoms with Crippen molar-refractivity contribution < 1.29 is 9.53 Å². The minimum Gasteiger partial charge on any atom is -0.473 e. The van der Waals surface area contributed by atoms with E-state index in [-0.39, 0.29) is 5.78 Å². The number of rotatable bonds is 5. The standard InChI is InChI=1S/C16H15NO2/c1-13(18)15-10-5-11-17-16(15)19-12-6-9-14-7-3-2-4-8-14/h2-11H,12H2,1H3/b9-6+. The van der Waals surface area contributed by atoms with Crippen LogP contribution in [0.5, 0.6) is 5.88 Å². The SMILES string of the molecule is CC(=O)c1cccnc1OC/C=C/c1ccccc1. The molecule has 1 aromatic heterocycles. The maximum Gasteiger partial charge on any atom is 0.224 e. The number of Topliss-reactive ketones (excluding diaryl/α,β-unsaturated/α-hetero) is 1. The van der Waals surface area contributed by atoms with Crippen LogP contribution in [-0.4, -0.2) is 17.4 Å². The summed E-state index contributed by atoms with van der Waals surface area (Å²) >= 11 is 0. The molecular weight excluding hydrogens is 238 g/mol. The number of ketones is 1. The first-order chi connectivity index (χ1) is 9.27. The highest BCUT2D eigenvalue weighted by atomic mass is 16.5. The molecule has 0 fully saturated rings. The van der Waals surface area contributed by atoms with Gasteiger partial charge in [-0.2, -0.15) is 0 Å². The summed E-state index contributed by atoms with van der Waals surface area (Å²) in [6, 6.07) is 13.4. The second kappa shape index (κ2) is 6.50. The molecule has 3 nitrogen and oxygen atoms in total. The van der Waals surface area contributed by atoms with Gasteiger partial charge in [0.25, 0.3) is 0 Å². The summed E-state index contributed by atoms with van der Waals surface area (Å²) in [6.45, 7) is 1.88. The molecular formula is C16H15NO2. The van der Waals surface area contributed by atoms with Crippen LogP contribution in [0.2, 0.25) is 0 Å². The number of carbonyl (C=O) groups is 1. The number of carbonyl (C=O) groups excluding carboxylic acids is 1. The van der Waals surface area contributed by atoms with Crippen molar-refractivity contribution in [3.63, 3.8) is 0 Å². The number of hydrogen-bond acceptors (Lipinski definition) is 3. The van der Waals surface area contributed by atoms with Gasteiger partial charge >= 0.3 is 0 Å². The van der Waals surface area contributed by atoms with Crippen LogP contribution in [0.1, 0.15) is 22.8 Å². The normalized spacial score (nSPS) is 10.6. The van der Waals surface area contributed by atoms with Crippen LogP contribution in [0.25, 0.3) is 6.08 Å². The highest BCUT2D eigenvalue weighted by Crippen LogP contribution is 2.14. The molecule has 0 aliphatic rings. The van der Waals surface area contributed by atoms with E-state index in [9.17, 15) is 4.79 Å².